The fourth-order valence-corrected chi connectivity index (χ4v) is 2.79. The van der Waals surface area contributed by atoms with Crippen molar-refractivity contribution in [3.05, 3.63) is 57.1 Å². The fourth-order valence-electron chi connectivity index (χ4n) is 2.28. The third-order valence-corrected chi connectivity index (χ3v) is 4.11. The molecule has 7 heteroatoms. The van der Waals surface area contributed by atoms with Crippen molar-refractivity contribution in [1.82, 2.24) is 5.43 Å². The Bertz CT molecular complexity index is 836. The zero-order valence-electron chi connectivity index (χ0n) is 14.7. The molecule has 0 atom stereocenters. The molecule has 0 radical (unpaired) electrons. The summed E-state index contributed by atoms with van der Waals surface area (Å²) in [5.74, 6) is 0.373. The summed E-state index contributed by atoms with van der Waals surface area (Å²) in [5, 5.41) is 14.1. The molecule has 1 amide bonds. The van der Waals surface area contributed by atoms with Crippen LogP contribution in [0.15, 0.2) is 35.4 Å². The maximum Gasteiger partial charge on any atom is 0.277 e. The number of nitrogens with zero attached hydrogens (tertiary/aromatic N) is 1. The monoisotopic (exact) mass is 394 g/mol. The van der Waals surface area contributed by atoms with E-state index in [0.29, 0.717) is 16.3 Å². The lowest BCUT2D eigenvalue weighted by Gasteiger charge is -2.14. The van der Waals surface area contributed by atoms with Gasteiger partial charge in [-0.1, -0.05) is 49.2 Å². The number of hydrogen-bond acceptors (Lipinski definition) is 4. The van der Waals surface area contributed by atoms with Crippen LogP contribution in [-0.4, -0.2) is 23.8 Å². The number of phenols is 1. The van der Waals surface area contributed by atoms with Crippen molar-refractivity contribution >= 4 is 35.3 Å². The number of aryl methyl sites for hydroxylation is 1. The van der Waals surface area contributed by atoms with Gasteiger partial charge >= 0.3 is 0 Å². The molecule has 0 saturated heterocycles. The summed E-state index contributed by atoms with van der Waals surface area (Å²) < 4.78 is 5.63. The molecule has 5 nitrogen and oxygen atoms in total. The van der Waals surface area contributed by atoms with E-state index in [1.807, 2.05) is 25.1 Å². The van der Waals surface area contributed by atoms with E-state index < -0.39 is 5.91 Å². The van der Waals surface area contributed by atoms with Crippen LogP contribution >= 0.6 is 23.2 Å². The Morgan fingerprint density at radius 2 is 2.04 bits per heavy atom. The zero-order chi connectivity index (χ0) is 19.3. The van der Waals surface area contributed by atoms with Gasteiger partial charge in [0.05, 0.1) is 11.2 Å². The van der Waals surface area contributed by atoms with E-state index in [0.717, 1.165) is 11.1 Å². The Labute approximate surface area is 162 Å². The minimum absolute atomic E-state index is 0.106. The van der Waals surface area contributed by atoms with Crippen molar-refractivity contribution in [3.63, 3.8) is 0 Å². The molecule has 26 heavy (non-hydrogen) atoms. The second-order valence-electron chi connectivity index (χ2n) is 6.10. The fraction of sp³-hybridized carbons (Fsp3) is 0.263. The molecule has 0 spiro atoms. The third-order valence-electron chi connectivity index (χ3n) is 3.60. The van der Waals surface area contributed by atoms with Crippen LogP contribution in [0.25, 0.3) is 0 Å². The normalized spacial score (nSPS) is 11.2. The topological polar surface area (TPSA) is 70.9 Å². The molecule has 2 aromatic carbocycles. The SMILES string of the molecule is Cc1ccc(C(C)C)c(OCC(=O)NN=Cc2cc(Cl)cc(Cl)c2O)c1. The molecule has 0 aliphatic rings. The number of ether oxygens (including phenoxy) is 1. The molecule has 0 unspecified atom stereocenters. The van der Waals surface area contributed by atoms with Crippen molar-refractivity contribution in [2.45, 2.75) is 26.7 Å². The maximum atomic E-state index is 11.9. The number of aromatic hydroxyl groups is 1. The number of halogens is 2. The first kappa shape index (κ1) is 20.1. The van der Waals surface area contributed by atoms with Gasteiger partial charge in [-0.2, -0.15) is 5.10 Å². The van der Waals surface area contributed by atoms with Crippen LogP contribution in [0.5, 0.6) is 11.5 Å². The van der Waals surface area contributed by atoms with Crippen LogP contribution in [-0.2, 0) is 4.79 Å². The Morgan fingerprint density at radius 3 is 2.73 bits per heavy atom. The molecular weight excluding hydrogens is 375 g/mol. The number of hydrogen-bond donors (Lipinski definition) is 2. The number of hydrazone groups is 1. The van der Waals surface area contributed by atoms with Gasteiger partial charge in [0.15, 0.2) is 6.61 Å². The Morgan fingerprint density at radius 1 is 1.31 bits per heavy atom. The Kier molecular flexibility index (Phi) is 6.89. The highest BCUT2D eigenvalue weighted by Crippen LogP contribution is 2.30. The zero-order valence-corrected chi connectivity index (χ0v) is 16.2. The molecule has 138 valence electrons. The van der Waals surface area contributed by atoms with Crippen LogP contribution in [0.1, 0.15) is 36.5 Å². The molecule has 0 bridgehead atoms. The largest absolute Gasteiger partial charge is 0.506 e. The molecule has 2 N–H and O–H groups in total. The van der Waals surface area contributed by atoms with Crippen LogP contribution in [0, 0.1) is 6.92 Å². The van der Waals surface area contributed by atoms with E-state index in [1.54, 1.807) is 0 Å². The van der Waals surface area contributed by atoms with Crippen molar-refractivity contribution in [3.8, 4) is 11.5 Å². The van der Waals surface area contributed by atoms with Gasteiger partial charge in [-0.25, -0.2) is 5.43 Å². The number of carbonyl (C=O) groups excluding carboxylic acids is 1. The second-order valence-corrected chi connectivity index (χ2v) is 6.95. The summed E-state index contributed by atoms with van der Waals surface area (Å²) in [7, 11) is 0. The molecule has 0 saturated carbocycles. The summed E-state index contributed by atoms with van der Waals surface area (Å²) in [6.07, 6.45) is 1.26. The Hall–Kier alpha value is -2.24. The van der Waals surface area contributed by atoms with E-state index in [4.69, 9.17) is 27.9 Å². The highest BCUT2D eigenvalue weighted by Gasteiger charge is 2.10. The predicted octanol–water partition coefficient (Wildman–Crippen LogP) is 4.66. The summed E-state index contributed by atoms with van der Waals surface area (Å²) >= 11 is 11.7. The standard InChI is InChI=1S/C19H20Cl2N2O3/c1-11(2)15-5-4-12(3)6-17(15)26-10-18(24)23-22-9-13-7-14(20)8-16(21)19(13)25/h4-9,11,25H,10H2,1-3H3,(H,23,24). The van der Waals surface area contributed by atoms with Crippen molar-refractivity contribution in [2.24, 2.45) is 5.10 Å². The van der Waals surface area contributed by atoms with Gasteiger partial charge in [-0.3, -0.25) is 4.79 Å². The summed E-state index contributed by atoms with van der Waals surface area (Å²) in [6, 6.07) is 8.80. The number of benzene rings is 2. The van der Waals surface area contributed by atoms with Crippen molar-refractivity contribution in [2.75, 3.05) is 6.61 Å². The van der Waals surface area contributed by atoms with E-state index >= 15 is 0 Å². The molecule has 0 heterocycles. The van der Waals surface area contributed by atoms with Crippen LogP contribution < -0.4 is 10.2 Å². The third kappa shape index (κ3) is 5.38. The first-order valence-electron chi connectivity index (χ1n) is 8.01. The average molecular weight is 395 g/mol. The van der Waals surface area contributed by atoms with Gasteiger partial charge in [-0.15, -0.1) is 0 Å². The van der Waals surface area contributed by atoms with Crippen LogP contribution in [0.2, 0.25) is 10.0 Å². The van der Waals surface area contributed by atoms with Crippen LogP contribution in [0.3, 0.4) is 0 Å². The minimum atomic E-state index is -0.426. The summed E-state index contributed by atoms with van der Waals surface area (Å²) in [5.41, 5.74) is 4.72. The lowest BCUT2D eigenvalue weighted by molar-refractivity contribution is -0.123. The van der Waals surface area contributed by atoms with E-state index in [1.165, 1.54) is 18.3 Å². The lowest BCUT2D eigenvalue weighted by Crippen LogP contribution is -2.25. The van der Waals surface area contributed by atoms with Gasteiger partial charge in [0.1, 0.15) is 11.5 Å². The predicted molar refractivity (Wildman–Crippen MR) is 105 cm³/mol. The van der Waals surface area contributed by atoms with Gasteiger partial charge in [-0.05, 0) is 42.2 Å². The van der Waals surface area contributed by atoms with E-state index in [-0.39, 0.29) is 23.3 Å². The number of rotatable bonds is 6. The maximum absolute atomic E-state index is 11.9. The minimum Gasteiger partial charge on any atom is -0.506 e. The molecule has 0 aliphatic heterocycles. The first-order valence-corrected chi connectivity index (χ1v) is 8.76. The molecule has 2 aromatic rings. The number of amides is 1. The molecule has 0 aliphatic carbocycles. The smallest absolute Gasteiger partial charge is 0.277 e. The summed E-state index contributed by atoms with van der Waals surface area (Å²) in [6.45, 7) is 5.90. The quantitative estimate of drug-likeness (QED) is 0.552. The molecule has 0 aromatic heterocycles. The number of nitrogens with one attached hydrogen (secondary N) is 1. The van der Waals surface area contributed by atoms with Crippen molar-refractivity contribution < 1.29 is 14.6 Å². The summed E-state index contributed by atoms with van der Waals surface area (Å²) in [4.78, 5) is 11.9. The first-order chi connectivity index (χ1) is 12.3. The second kappa shape index (κ2) is 8.92. The number of carbonyl (C=O) groups is 1. The molecule has 0 fully saturated rings. The highest BCUT2D eigenvalue weighted by atomic mass is 35.5. The van der Waals surface area contributed by atoms with Gasteiger partial charge in [0, 0.05) is 10.6 Å². The van der Waals surface area contributed by atoms with E-state index in [9.17, 15) is 9.90 Å². The van der Waals surface area contributed by atoms with Crippen LogP contribution in [0.4, 0.5) is 0 Å². The highest BCUT2D eigenvalue weighted by molar-refractivity contribution is 6.36. The van der Waals surface area contributed by atoms with Gasteiger partial charge < -0.3 is 9.84 Å². The van der Waals surface area contributed by atoms with Crippen molar-refractivity contribution in [1.29, 1.82) is 0 Å². The van der Waals surface area contributed by atoms with Gasteiger partial charge in [0.25, 0.3) is 5.91 Å². The average Bonchev–Trinajstić information content (AvgIpc) is 2.57. The van der Waals surface area contributed by atoms with E-state index in [2.05, 4.69) is 24.4 Å². The molecule has 2 rings (SSSR count). The molecular formula is C19H20Cl2N2O3. The Balaban J connectivity index is 1.97. The lowest BCUT2D eigenvalue weighted by atomic mass is 10.0. The number of phenolic OH excluding ortho intramolecular Hbond substituents is 1. The van der Waals surface area contributed by atoms with Gasteiger partial charge in [0.2, 0.25) is 0 Å².